The van der Waals surface area contributed by atoms with E-state index >= 15 is 0 Å². The molecule has 600 valence electrons. The molecule has 0 radical (unpaired) electrons. The number of rotatable bonds is 81. The second kappa shape index (κ2) is 73.6. The molecule has 0 amide bonds. The van der Waals surface area contributed by atoms with Crippen molar-refractivity contribution in [1.82, 2.24) is 0 Å². The van der Waals surface area contributed by atoms with E-state index in [1.165, 1.54) is 250 Å². The summed E-state index contributed by atoms with van der Waals surface area (Å²) in [6.07, 6.45) is 63.7. The lowest BCUT2D eigenvalue weighted by molar-refractivity contribution is -0.161. The Kier molecular flexibility index (Phi) is 72.2. The maximum Gasteiger partial charge on any atom is 0.472 e. The van der Waals surface area contributed by atoms with E-state index in [4.69, 9.17) is 37.0 Å². The fraction of sp³-hybridized carbons (Fsp3) is 0.951. The number of hydrogen-bond acceptors (Lipinski definition) is 15. The molecule has 0 aromatic heterocycles. The van der Waals surface area contributed by atoms with Crippen molar-refractivity contribution in [3.05, 3.63) is 0 Å². The smallest absolute Gasteiger partial charge is 0.462 e. The first-order valence-electron chi connectivity index (χ1n) is 42.5. The molecule has 0 aliphatic heterocycles. The van der Waals surface area contributed by atoms with Gasteiger partial charge in [-0.2, -0.15) is 0 Å². The molecule has 0 aromatic rings. The van der Waals surface area contributed by atoms with Crippen LogP contribution in [0.2, 0.25) is 0 Å². The maximum absolute atomic E-state index is 13.1. The summed E-state index contributed by atoms with van der Waals surface area (Å²) in [4.78, 5) is 73.0. The summed E-state index contributed by atoms with van der Waals surface area (Å²) >= 11 is 0. The van der Waals surface area contributed by atoms with E-state index in [1.54, 1.807) is 0 Å². The van der Waals surface area contributed by atoms with Crippen LogP contribution in [0.1, 0.15) is 433 Å². The molecule has 101 heavy (non-hydrogen) atoms. The van der Waals surface area contributed by atoms with Crippen molar-refractivity contribution in [2.45, 2.75) is 452 Å². The quantitative estimate of drug-likeness (QED) is 0.0222. The zero-order valence-corrected chi connectivity index (χ0v) is 68.0. The highest BCUT2D eigenvalue weighted by molar-refractivity contribution is 7.47. The fourth-order valence-electron chi connectivity index (χ4n) is 12.7. The van der Waals surface area contributed by atoms with Gasteiger partial charge in [-0.3, -0.25) is 37.3 Å². The normalized spacial score (nSPS) is 14.2. The number of aliphatic hydroxyl groups excluding tert-OH is 1. The van der Waals surface area contributed by atoms with Gasteiger partial charge in [-0.05, 0) is 37.5 Å². The standard InChI is InChI=1S/C82H160O17P2/c1-7-10-12-14-16-18-20-21-29-36-42-48-54-60-66-81(86)98-77(70-92-79(84)64-58-52-46-40-19-17-15-13-11-8-2)72-96-100(88,89)94-68-76(83)69-95-101(90,91)97-73-78(71-93-80(85)65-59-53-47-41-35-32-31-33-38-44-50-56-62-74(4)5)99-82(87)67-61-55-49-43-37-30-27-25-23-22-24-26-28-34-39-45-51-57-63-75(6)9-3/h74-78,83H,7-73H2,1-6H3,(H,88,89)(H,90,91)/t75?,76-,77+,78+/m0/s1. The molecule has 3 N–H and O–H groups in total. The monoisotopic (exact) mass is 1480 g/mol. The second-order valence-electron chi connectivity index (χ2n) is 30.2. The van der Waals surface area contributed by atoms with E-state index in [1.807, 2.05) is 0 Å². The Morgan fingerprint density at radius 2 is 0.505 bits per heavy atom. The van der Waals surface area contributed by atoms with Gasteiger partial charge in [-0.15, -0.1) is 0 Å². The van der Waals surface area contributed by atoms with Crippen molar-refractivity contribution in [3.63, 3.8) is 0 Å². The number of esters is 4. The topological polar surface area (TPSA) is 237 Å². The number of ether oxygens (including phenoxy) is 4. The molecular weight excluding hydrogens is 1320 g/mol. The lowest BCUT2D eigenvalue weighted by atomic mass is 9.99. The molecule has 0 saturated carbocycles. The Morgan fingerprint density at radius 3 is 0.752 bits per heavy atom. The first-order chi connectivity index (χ1) is 48.9. The molecule has 0 fully saturated rings. The maximum atomic E-state index is 13.1. The highest BCUT2D eigenvalue weighted by Crippen LogP contribution is 2.45. The highest BCUT2D eigenvalue weighted by Gasteiger charge is 2.30. The van der Waals surface area contributed by atoms with E-state index in [-0.39, 0.29) is 25.7 Å². The summed E-state index contributed by atoms with van der Waals surface area (Å²) in [6, 6.07) is 0. The molecular formula is C82H160O17P2. The number of phosphoric acid groups is 2. The van der Waals surface area contributed by atoms with E-state index in [2.05, 4.69) is 41.5 Å². The largest absolute Gasteiger partial charge is 0.472 e. The molecule has 0 aromatic carbocycles. The SMILES string of the molecule is CCCCCCCCCCCCCCCCC(=O)O[C@H](COC(=O)CCCCCCCCCCCC)COP(=O)(O)OC[C@H](O)COP(=O)(O)OC[C@@H](COC(=O)CCCCCCCCCCCCCCC(C)C)OC(=O)CCCCCCCCCCCCCCCCCCCCC(C)CC. The Hall–Kier alpha value is -1.94. The summed E-state index contributed by atoms with van der Waals surface area (Å²) in [5, 5.41) is 10.6. The summed E-state index contributed by atoms with van der Waals surface area (Å²) in [5.41, 5.74) is 0. The summed E-state index contributed by atoms with van der Waals surface area (Å²) in [5.74, 6) is -0.454. The van der Waals surface area contributed by atoms with Crippen LogP contribution in [0.15, 0.2) is 0 Å². The Bertz CT molecular complexity index is 1940. The third-order valence-corrected chi connectivity index (χ3v) is 21.5. The Balaban J connectivity index is 5.21. The van der Waals surface area contributed by atoms with Crippen LogP contribution in [0.4, 0.5) is 0 Å². The molecule has 0 rings (SSSR count). The molecule has 19 heteroatoms. The molecule has 0 spiro atoms. The van der Waals surface area contributed by atoms with Gasteiger partial charge in [0.05, 0.1) is 26.4 Å². The lowest BCUT2D eigenvalue weighted by Gasteiger charge is -2.21. The van der Waals surface area contributed by atoms with Gasteiger partial charge in [0.25, 0.3) is 0 Å². The van der Waals surface area contributed by atoms with E-state index in [9.17, 15) is 43.2 Å². The summed E-state index contributed by atoms with van der Waals surface area (Å²) in [6.45, 7) is 9.72. The molecule has 0 heterocycles. The van der Waals surface area contributed by atoms with Crippen LogP contribution in [0.5, 0.6) is 0 Å². The van der Waals surface area contributed by atoms with Gasteiger partial charge in [0.1, 0.15) is 19.3 Å². The van der Waals surface area contributed by atoms with Crippen LogP contribution < -0.4 is 0 Å². The van der Waals surface area contributed by atoms with Crippen molar-refractivity contribution >= 4 is 39.5 Å². The van der Waals surface area contributed by atoms with Crippen molar-refractivity contribution in [2.24, 2.45) is 11.8 Å². The number of aliphatic hydroxyl groups is 1. The number of phosphoric ester groups is 2. The van der Waals surface area contributed by atoms with Gasteiger partial charge in [0.2, 0.25) is 0 Å². The van der Waals surface area contributed by atoms with Crippen molar-refractivity contribution in [1.29, 1.82) is 0 Å². The number of unbranched alkanes of at least 4 members (excludes halogenated alkanes) is 50. The average Bonchev–Trinajstić information content (AvgIpc) is 0.959. The Labute approximate surface area is 619 Å². The second-order valence-corrected chi connectivity index (χ2v) is 33.1. The molecule has 0 aliphatic carbocycles. The number of carbonyl (C=O) groups excluding carboxylic acids is 4. The van der Waals surface area contributed by atoms with Crippen LogP contribution in [-0.2, 0) is 65.4 Å². The van der Waals surface area contributed by atoms with Gasteiger partial charge >= 0.3 is 39.5 Å². The highest BCUT2D eigenvalue weighted by atomic mass is 31.2. The zero-order chi connectivity index (χ0) is 74.2. The Morgan fingerprint density at radius 1 is 0.287 bits per heavy atom. The van der Waals surface area contributed by atoms with Gasteiger partial charge in [-0.25, -0.2) is 9.13 Å². The first-order valence-corrected chi connectivity index (χ1v) is 45.5. The van der Waals surface area contributed by atoms with Crippen LogP contribution in [0.25, 0.3) is 0 Å². The van der Waals surface area contributed by atoms with Crippen molar-refractivity contribution < 1.29 is 80.2 Å². The third-order valence-electron chi connectivity index (χ3n) is 19.6. The van der Waals surface area contributed by atoms with Crippen LogP contribution in [0, 0.1) is 11.8 Å². The molecule has 17 nitrogen and oxygen atoms in total. The predicted octanol–water partition coefficient (Wildman–Crippen LogP) is 24.7. The average molecular weight is 1480 g/mol. The van der Waals surface area contributed by atoms with E-state index in [0.29, 0.717) is 25.7 Å². The zero-order valence-electron chi connectivity index (χ0n) is 66.2. The van der Waals surface area contributed by atoms with E-state index in [0.717, 1.165) is 102 Å². The fourth-order valence-corrected chi connectivity index (χ4v) is 14.3. The molecule has 3 unspecified atom stereocenters. The van der Waals surface area contributed by atoms with Crippen molar-refractivity contribution in [2.75, 3.05) is 39.6 Å². The van der Waals surface area contributed by atoms with Gasteiger partial charge in [0, 0.05) is 25.7 Å². The van der Waals surface area contributed by atoms with Gasteiger partial charge in [-0.1, -0.05) is 382 Å². The predicted molar refractivity (Wildman–Crippen MR) is 414 cm³/mol. The van der Waals surface area contributed by atoms with Gasteiger partial charge in [0.15, 0.2) is 12.2 Å². The molecule has 0 aliphatic rings. The molecule has 6 atom stereocenters. The lowest BCUT2D eigenvalue weighted by Crippen LogP contribution is -2.30. The van der Waals surface area contributed by atoms with E-state index < -0.39 is 97.5 Å². The minimum absolute atomic E-state index is 0.108. The minimum atomic E-state index is -4.96. The number of carbonyl (C=O) groups is 4. The van der Waals surface area contributed by atoms with Crippen LogP contribution in [-0.4, -0.2) is 96.7 Å². The molecule has 0 saturated heterocycles. The van der Waals surface area contributed by atoms with Crippen LogP contribution in [0.3, 0.4) is 0 Å². The first kappa shape index (κ1) is 99.1. The summed E-state index contributed by atoms with van der Waals surface area (Å²) < 4.78 is 68.7. The van der Waals surface area contributed by atoms with Gasteiger partial charge < -0.3 is 33.8 Å². The number of hydrogen-bond donors (Lipinski definition) is 3. The van der Waals surface area contributed by atoms with Crippen LogP contribution >= 0.6 is 15.6 Å². The third kappa shape index (κ3) is 74.7. The molecule has 0 bridgehead atoms. The van der Waals surface area contributed by atoms with Crippen molar-refractivity contribution in [3.8, 4) is 0 Å². The summed E-state index contributed by atoms with van der Waals surface area (Å²) in [7, 11) is -9.92. The minimum Gasteiger partial charge on any atom is -0.462 e.